The second-order valence-electron chi connectivity index (χ2n) is 4.66. The molecule has 0 saturated carbocycles. The average Bonchev–Trinajstić information content (AvgIpc) is 2.88. The summed E-state index contributed by atoms with van der Waals surface area (Å²) in [6, 6.07) is 8.19. The fourth-order valence-electron chi connectivity index (χ4n) is 2.15. The van der Waals surface area contributed by atoms with Crippen LogP contribution in [0.15, 0.2) is 36.7 Å². The molecule has 2 aromatic rings. The van der Waals surface area contributed by atoms with Gasteiger partial charge in [-0.3, -0.25) is 5.84 Å². The minimum absolute atomic E-state index is 0.102. The van der Waals surface area contributed by atoms with E-state index < -0.39 is 0 Å². The lowest BCUT2D eigenvalue weighted by Gasteiger charge is -2.20. The van der Waals surface area contributed by atoms with Crippen molar-refractivity contribution in [1.29, 1.82) is 0 Å². The first-order valence-corrected chi connectivity index (χ1v) is 6.41. The van der Waals surface area contributed by atoms with Crippen molar-refractivity contribution >= 4 is 5.69 Å². The second-order valence-corrected chi connectivity index (χ2v) is 4.66. The van der Waals surface area contributed by atoms with Crippen molar-refractivity contribution in [2.45, 2.75) is 19.5 Å². The molecule has 5 heteroatoms. The van der Waals surface area contributed by atoms with Gasteiger partial charge < -0.3 is 9.47 Å². The molecule has 0 fully saturated rings. The number of rotatable bonds is 5. The largest absolute Gasteiger partial charge is 0.378 e. The van der Waals surface area contributed by atoms with Crippen molar-refractivity contribution in [3.63, 3.8) is 0 Å². The molecule has 1 unspecified atom stereocenters. The van der Waals surface area contributed by atoms with Gasteiger partial charge in [0.05, 0.1) is 0 Å². The lowest BCUT2D eigenvalue weighted by molar-refractivity contribution is 0.561. The Labute approximate surface area is 114 Å². The Morgan fingerprint density at radius 1 is 1.42 bits per heavy atom. The van der Waals surface area contributed by atoms with Crippen LogP contribution in [0.2, 0.25) is 0 Å². The molecule has 0 saturated heterocycles. The number of hydrazine groups is 1. The van der Waals surface area contributed by atoms with Gasteiger partial charge in [0.25, 0.3) is 0 Å². The molecule has 0 bridgehead atoms. The van der Waals surface area contributed by atoms with Crippen LogP contribution in [0.25, 0.3) is 0 Å². The summed E-state index contributed by atoms with van der Waals surface area (Å²) in [7, 11) is 4.05. The third-order valence-corrected chi connectivity index (χ3v) is 3.23. The monoisotopic (exact) mass is 259 g/mol. The summed E-state index contributed by atoms with van der Waals surface area (Å²) >= 11 is 0. The van der Waals surface area contributed by atoms with Crippen molar-refractivity contribution in [1.82, 2.24) is 15.0 Å². The van der Waals surface area contributed by atoms with Gasteiger partial charge in [0, 0.05) is 38.7 Å². The highest BCUT2D eigenvalue weighted by Gasteiger charge is 2.17. The number of hydrogen-bond donors (Lipinski definition) is 2. The van der Waals surface area contributed by atoms with Crippen LogP contribution in [0.1, 0.15) is 24.4 Å². The maximum atomic E-state index is 5.73. The van der Waals surface area contributed by atoms with E-state index in [-0.39, 0.29) is 6.04 Å². The van der Waals surface area contributed by atoms with E-state index in [2.05, 4.69) is 45.0 Å². The number of hydrogen-bond acceptors (Lipinski definition) is 4. The molecule has 0 aliphatic rings. The van der Waals surface area contributed by atoms with E-state index in [1.165, 1.54) is 0 Å². The van der Waals surface area contributed by atoms with Gasteiger partial charge >= 0.3 is 0 Å². The Hall–Kier alpha value is -1.85. The smallest absolute Gasteiger partial charge is 0.131 e. The van der Waals surface area contributed by atoms with Crippen LogP contribution in [0.5, 0.6) is 0 Å². The second kappa shape index (κ2) is 5.86. The number of aryl methyl sites for hydroxylation is 1. The van der Waals surface area contributed by atoms with Crippen molar-refractivity contribution < 1.29 is 0 Å². The third-order valence-electron chi connectivity index (χ3n) is 3.23. The number of benzene rings is 1. The minimum atomic E-state index is -0.102. The van der Waals surface area contributed by atoms with E-state index in [1.807, 2.05) is 26.4 Å². The maximum absolute atomic E-state index is 5.73. The molecule has 1 aromatic carbocycles. The van der Waals surface area contributed by atoms with Crippen molar-refractivity contribution in [2.24, 2.45) is 5.84 Å². The zero-order valence-corrected chi connectivity index (χ0v) is 11.7. The number of nitrogens with two attached hydrogens (primary N) is 1. The summed E-state index contributed by atoms with van der Waals surface area (Å²) in [5, 5.41) is 0. The van der Waals surface area contributed by atoms with E-state index in [1.54, 1.807) is 6.20 Å². The molecule has 5 nitrogen and oxygen atoms in total. The summed E-state index contributed by atoms with van der Waals surface area (Å²) in [5.74, 6) is 6.66. The molecule has 0 aliphatic heterocycles. The molecule has 2 rings (SSSR count). The molecule has 1 atom stereocenters. The zero-order valence-electron chi connectivity index (χ0n) is 11.7. The zero-order chi connectivity index (χ0) is 13.8. The van der Waals surface area contributed by atoms with Gasteiger partial charge in [0.15, 0.2) is 0 Å². The van der Waals surface area contributed by atoms with Crippen LogP contribution in [0.4, 0.5) is 5.69 Å². The number of nitrogens with one attached hydrogen (secondary N) is 1. The van der Waals surface area contributed by atoms with Crippen molar-refractivity contribution in [2.75, 3.05) is 19.0 Å². The van der Waals surface area contributed by atoms with Gasteiger partial charge in [0.2, 0.25) is 0 Å². The van der Waals surface area contributed by atoms with Gasteiger partial charge in [-0.2, -0.15) is 0 Å². The predicted octanol–water partition coefficient (Wildman–Crippen LogP) is 1.52. The molecule has 0 aliphatic carbocycles. The third kappa shape index (κ3) is 2.77. The summed E-state index contributed by atoms with van der Waals surface area (Å²) in [4.78, 5) is 6.49. The molecule has 102 valence electrons. The summed E-state index contributed by atoms with van der Waals surface area (Å²) in [6.07, 6.45) is 3.77. The minimum Gasteiger partial charge on any atom is -0.378 e. The van der Waals surface area contributed by atoms with Gasteiger partial charge in [0.1, 0.15) is 11.9 Å². The van der Waals surface area contributed by atoms with Gasteiger partial charge in [-0.05, 0) is 24.6 Å². The van der Waals surface area contributed by atoms with Crippen LogP contribution < -0.4 is 16.2 Å². The van der Waals surface area contributed by atoms with Gasteiger partial charge in [-0.15, -0.1) is 0 Å². The molecular formula is C14H21N5. The van der Waals surface area contributed by atoms with E-state index in [9.17, 15) is 0 Å². The van der Waals surface area contributed by atoms with Crippen LogP contribution >= 0.6 is 0 Å². The summed E-state index contributed by atoms with van der Waals surface area (Å²) < 4.78 is 2.09. The van der Waals surface area contributed by atoms with Gasteiger partial charge in [-0.1, -0.05) is 12.1 Å². The lowest BCUT2D eigenvalue weighted by Crippen LogP contribution is -2.31. The number of imidazole rings is 1. The van der Waals surface area contributed by atoms with Crippen molar-refractivity contribution in [3.05, 3.63) is 48.0 Å². The van der Waals surface area contributed by atoms with Crippen LogP contribution in [-0.4, -0.2) is 23.6 Å². The molecule has 0 amide bonds. The van der Waals surface area contributed by atoms with E-state index in [4.69, 9.17) is 5.84 Å². The Kier molecular flexibility index (Phi) is 4.19. The quantitative estimate of drug-likeness (QED) is 0.631. The van der Waals surface area contributed by atoms with Crippen LogP contribution in [-0.2, 0) is 6.54 Å². The van der Waals surface area contributed by atoms with E-state index in [0.717, 1.165) is 23.6 Å². The Morgan fingerprint density at radius 3 is 2.84 bits per heavy atom. The fraction of sp³-hybridized carbons (Fsp3) is 0.357. The fourth-order valence-corrected chi connectivity index (χ4v) is 2.15. The topological polar surface area (TPSA) is 59.1 Å². The highest BCUT2D eigenvalue weighted by atomic mass is 15.3. The lowest BCUT2D eigenvalue weighted by atomic mass is 10.1. The molecule has 0 spiro atoms. The standard InChI is InChI=1S/C14H21N5/c1-4-19-9-8-16-14(19)13(17-15)11-6-5-7-12(10-11)18(2)3/h5-10,13,17H,4,15H2,1-3H3. The average molecular weight is 259 g/mol. The van der Waals surface area contributed by atoms with Crippen LogP contribution in [0, 0.1) is 0 Å². The molecule has 0 radical (unpaired) electrons. The predicted molar refractivity (Wildman–Crippen MR) is 77.8 cm³/mol. The number of anilines is 1. The normalized spacial score (nSPS) is 12.4. The van der Waals surface area contributed by atoms with E-state index in [0.29, 0.717) is 0 Å². The van der Waals surface area contributed by atoms with Crippen LogP contribution in [0.3, 0.4) is 0 Å². The van der Waals surface area contributed by atoms with Crippen molar-refractivity contribution in [3.8, 4) is 0 Å². The maximum Gasteiger partial charge on any atom is 0.131 e. The first kappa shape index (κ1) is 13.6. The summed E-state index contributed by atoms with van der Waals surface area (Å²) in [6.45, 7) is 2.97. The highest BCUT2D eigenvalue weighted by molar-refractivity contribution is 5.48. The Bertz CT molecular complexity index is 532. The summed E-state index contributed by atoms with van der Waals surface area (Å²) in [5.41, 5.74) is 5.11. The highest BCUT2D eigenvalue weighted by Crippen LogP contribution is 2.23. The molecular weight excluding hydrogens is 238 g/mol. The SMILES string of the molecule is CCn1ccnc1C(NN)c1cccc(N(C)C)c1. The Morgan fingerprint density at radius 2 is 2.21 bits per heavy atom. The van der Waals surface area contributed by atoms with Gasteiger partial charge in [-0.25, -0.2) is 10.4 Å². The first-order chi connectivity index (χ1) is 9.17. The van der Waals surface area contributed by atoms with E-state index >= 15 is 0 Å². The molecule has 1 heterocycles. The first-order valence-electron chi connectivity index (χ1n) is 6.41. The Balaban J connectivity index is 2.39. The number of aromatic nitrogens is 2. The number of nitrogens with zero attached hydrogens (tertiary/aromatic N) is 3. The molecule has 3 N–H and O–H groups in total. The molecule has 19 heavy (non-hydrogen) atoms. The molecule has 1 aromatic heterocycles.